The summed E-state index contributed by atoms with van der Waals surface area (Å²) in [5.41, 5.74) is 0.781. The number of carboxylic acids is 1. The molecule has 5 nitrogen and oxygen atoms in total. The predicted molar refractivity (Wildman–Crippen MR) is 62.3 cm³/mol. The molecule has 0 aliphatic heterocycles. The molecule has 0 aliphatic rings. The molecule has 17 heavy (non-hydrogen) atoms. The smallest absolute Gasteiger partial charge is 0.335 e. The zero-order valence-electron chi connectivity index (χ0n) is 9.38. The van der Waals surface area contributed by atoms with E-state index in [1.165, 1.54) is 18.5 Å². The second-order valence-corrected chi connectivity index (χ2v) is 3.56. The quantitative estimate of drug-likeness (QED) is 0.874. The molecule has 0 radical (unpaired) electrons. The van der Waals surface area contributed by atoms with Crippen molar-refractivity contribution < 1.29 is 14.6 Å². The van der Waals surface area contributed by atoms with Gasteiger partial charge in [-0.15, -0.1) is 0 Å². The maximum Gasteiger partial charge on any atom is 0.335 e. The van der Waals surface area contributed by atoms with E-state index < -0.39 is 5.97 Å². The Morgan fingerprint density at radius 3 is 2.94 bits per heavy atom. The van der Waals surface area contributed by atoms with E-state index in [1.807, 2.05) is 6.92 Å². The minimum absolute atomic E-state index is 0.206. The van der Waals surface area contributed by atoms with Crippen LogP contribution in [0.4, 0.5) is 0 Å². The van der Waals surface area contributed by atoms with E-state index in [9.17, 15) is 4.79 Å². The first kappa shape index (κ1) is 11.3. The minimum Gasteiger partial charge on any atom is -0.478 e. The molecule has 0 amide bonds. The van der Waals surface area contributed by atoms with Crippen LogP contribution >= 0.6 is 0 Å². The topological polar surface area (TPSA) is 72.3 Å². The molecule has 0 saturated carbocycles. The zero-order chi connectivity index (χ0) is 12.3. The van der Waals surface area contributed by atoms with Crippen LogP contribution in [0.15, 0.2) is 24.5 Å². The Labute approximate surface area is 98.1 Å². The number of rotatable bonds is 4. The van der Waals surface area contributed by atoms with Crippen molar-refractivity contribution in [2.75, 3.05) is 6.61 Å². The Hall–Kier alpha value is -2.17. The summed E-state index contributed by atoms with van der Waals surface area (Å²) in [6.07, 6.45) is 2.26. The fourth-order valence-electron chi connectivity index (χ4n) is 1.48. The first-order valence-electron chi connectivity index (χ1n) is 5.33. The van der Waals surface area contributed by atoms with Crippen LogP contribution in [-0.2, 0) is 0 Å². The highest BCUT2D eigenvalue weighted by Gasteiger charge is 2.08. The summed E-state index contributed by atoms with van der Waals surface area (Å²) < 4.78 is 5.47. The summed E-state index contributed by atoms with van der Waals surface area (Å²) in [6, 6.07) is 4.70. The number of aromatic nitrogens is 2. The van der Waals surface area contributed by atoms with Gasteiger partial charge in [0.1, 0.15) is 6.33 Å². The number of nitrogens with zero attached hydrogens (tertiary/aromatic N) is 2. The van der Waals surface area contributed by atoms with Gasteiger partial charge in [0, 0.05) is 0 Å². The van der Waals surface area contributed by atoms with Gasteiger partial charge in [0.05, 0.1) is 23.1 Å². The van der Waals surface area contributed by atoms with Gasteiger partial charge in [-0.25, -0.2) is 14.8 Å². The largest absolute Gasteiger partial charge is 0.478 e. The lowest BCUT2D eigenvalue weighted by molar-refractivity contribution is 0.0697. The lowest BCUT2D eigenvalue weighted by atomic mass is 10.1. The van der Waals surface area contributed by atoms with Gasteiger partial charge in [0.25, 0.3) is 0 Å². The standard InChI is InChI=1S/C12H12N2O3/c1-2-5-17-11-9-4-3-8(12(15)16)6-10(9)13-7-14-11/h3-4,6-7H,2,5H2,1H3,(H,15,16). The molecule has 2 rings (SSSR count). The molecule has 0 fully saturated rings. The maximum absolute atomic E-state index is 10.8. The van der Waals surface area contributed by atoms with Crippen LogP contribution in [0.2, 0.25) is 0 Å². The second kappa shape index (κ2) is 4.78. The monoisotopic (exact) mass is 232 g/mol. The lowest BCUT2D eigenvalue weighted by Crippen LogP contribution is -2.00. The molecule has 0 aliphatic carbocycles. The molecule has 5 heteroatoms. The van der Waals surface area contributed by atoms with Crippen LogP contribution in [0.1, 0.15) is 23.7 Å². The fraction of sp³-hybridized carbons (Fsp3) is 0.250. The maximum atomic E-state index is 10.8. The molecule has 0 bridgehead atoms. The molecule has 88 valence electrons. The summed E-state index contributed by atoms with van der Waals surface area (Å²) in [4.78, 5) is 18.9. The van der Waals surface area contributed by atoms with E-state index in [-0.39, 0.29) is 5.56 Å². The Morgan fingerprint density at radius 2 is 2.24 bits per heavy atom. The summed E-state index contributed by atoms with van der Waals surface area (Å²) in [5, 5.41) is 9.61. The number of hydrogen-bond donors (Lipinski definition) is 1. The van der Waals surface area contributed by atoms with E-state index in [0.717, 1.165) is 11.8 Å². The van der Waals surface area contributed by atoms with Gasteiger partial charge >= 0.3 is 5.97 Å². The summed E-state index contributed by atoms with van der Waals surface area (Å²) in [7, 11) is 0. The summed E-state index contributed by atoms with van der Waals surface area (Å²) in [6.45, 7) is 2.58. The van der Waals surface area contributed by atoms with Crippen LogP contribution in [-0.4, -0.2) is 27.7 Å². The van der Waals surface area contributed by atoms with E-state index in [2.05, 4.69) is 9.97 Å². The van der Waals surface area contributed by atoms with Gasteiger partial charge in [0.2, 0.25) is 5.88 Å². The van der Waals surface area contributed by atoms with Gasteiger partial charge in [0.15, 0.2) is 0 Å². The van der Waals surface area contributed by atoms with Crippen molar-refractivity contribution in [1.82, 2.24) is 9.97 Å². The van der Waals surface area contributed by atoms with Crippen molar-refractivity contribution >= 4 is 16.9 Å². The normalized spacial score (nSPS) is 10.4. The SMILES string of the molecule is CCCOc1ncnc2cc(C(=O)O)ccc12. The number of benzene rings is 1. The molecule has 0 spiro atoms. The molecular weight excluding hydrogens is 220 g/mol. The number of aromatic carboxylic acids is 1. The number of ether oxygens (including phenoxy) is 1. The third-order valence-electron chi connectivity index (χ3n) is 2.29. The average molecular weight is 232 g/mol. The molecule has 1 aromatic heterocycles. The van der Waals surface area contributed by atoms with Crippen LogP contribution in [0.5, 0.6) is 5.88 Å². The highest BCUT2D eigenvalue weighted by Crippen LogP contribution is 2.22. The highest BCUT2D eigenvalue weighted by molar-refractivity contribution is 5.94. The third-order valence-corrected chi connectivity index (χ3v) is 2.29. The van der Waals surface area contributed by atoms with Crippen LogP contribution in [0, 0.1) is 0 Å². The van der Waals surface area contributed by atoms with E-state index in [0.29, 0.717) is 18.0 Å². The van der Waals surface area contributed by atoms with Crippen LogP contribution in [0.3, 0.4) is 0 Å². The average Bonchev–Trinajstić information content (AvgIpc) is 2.35. The number of fused-ring (bicyclic) bond motifs is 1. The zero-order valence-corrected chi connectivity index (χ0v) is 9.38. The first-order valence-corrected chi connectivity index (χ1v) is 5.33. The Bertz CT molecular complexity index is 554. The highest BCUT2D eigenvalue weighted by atomic mass is 16.5. The molecule has 1 N–H and O–H groups in total. The van der Waals surface area contributed by atoms with Gasteiger partial charge in [-0.05, 0) is 24.6 Å². The van der Waals surface area contributed by atoms with Crippen LogP contribution < -0.4 is 4.74 Å². The molecule has 2 aromatic rings. The fourth-order valence-corrected chi connectivity index (χ4v) is 1.48. The Balaban J connectivity index is 2.47. The van der Waals surface area contributed by atoms with Crippen molar-refractivity contribution in [2.24, 2.45) is 0 Å². The first-order chi connectivity index (χ1) is 8.22. The lowest BCUT2D eigenvalue weighted by Gasteiger charge is -2.06. The van der Waals surface area contributed by atoms with Crippen molar-refractivity contribution in [3.05, 3.63) is 30.1 Å². The van der Waals surface area contributed by atoms with Gasteiger partial charge in [-0.1, -0.05) is 6.92 Å². The Kier molecular flexibility index (Phi) is 3.18. The van der Waals surface area contributed by atoms with Crippen molar-refractivity contribution in [3.63, 3.8) is 0 Å². The molecule has 1 heterocycles. The number of hydrogen-bond acceptors (Lipinski definition) is 4. The molecule has 0 unspecified atom stereocenters. The molecule has 0 saturated heterocycles. The second-order valence-electron chi connectivity index (χ2n) is 3.56. The Morgan fingerprint density at radius 1 is 1.41 bits per heavy atom. The predicted octanol–water partition coefficient (Wildman–Crippen LogP) is 2.12. The summed E-state index contributed by atoms with van der Waals surface area (Å²) in [5.74, 6) is -0.477. The van der Waals surface area contributed by atoms with E-state index in [4.69, 9.17) is 9.84 Å². The van der Waals surface area contributed by atoms with Crippen molar-refractivity contribution in [3.8, 4) is 5.88 Å². The molecule has 1 aromatic carbocycles. The number of carbonyl (C=O) groups is 1. The van der Waals surface area contributed by atoms with Gasteiger partial charge < -0.3 is 9.84 Å². The van der Waals surface area contributed by atoms with Crippen molar-refractivity contribution in [1.29, 1.82) is 0 Å². The minimum atomic E-state index is -0.971. The third kappa shape index (κ3) is 2.33. The molecular formula is C12H12N2O3. The van der Waals surface area contributed by atoms with Crippen LogP contribution in [0.25, 0.3) is 10.9 Å². The van der Waals surface area contributed by atoms with Crippen molar-refractivity contribution in [2.45, 2.75) is 13.3 Å². The van der Waals surface area contributed by atoms with Gasteiger partial charge in [-0.3, -0.25) is 0 Å². The van der Waals surface area contributed by atoms with E-state index in [1.54, 1.807) is 6.07 Å². The van der Waals surface area contributed by atoms with E-state index >= 15 is 0 Å². The summed E-state index contributed by atoms with van der Waals surface area (Å²) >= 11 is 0. The molecule has 0 atom stereocenters. The number of carboxylic acid groups (broad SMARTS) is 1. The van der Waals surface area contributed by atoms with Gasteiger partial charge in [-0.2, -0.15) is 0 Å².